The van der Waals surface area contributed by atoms with Crippen molar-refractivity contribution in [3.63, 3.8) is 0 Å². The molecule has 0 bridgehead atoms. The van der Waals surface area contributed by atoms with Crippen LogP contribution in [-0.2, 0) is 0 Å². The Morgan fingerprint density at radius 3 is 2.38 bits per heavy atom. The second-order valence-corrected chi connectivity index (χ2v) is 5.48. The van der Waals surface area contributed by atoms with Crippen molar-refractivity contribution in [2.24, 2.45) is 0 Å². The highest BCUT2D eigenvalue weighted by atomic mass is 16.1. The van der Waals surface area contributed by atoms with E-state index >= 15 is 0 Å². The number of fused-ring (bicyclic) bond motifs is 3. The Balaban J connectivity index is 1.75. The van der Waals surface area contributed by atoms with Gasteiger partial charge in [-0.1, -0.05) is 41.6 Å². The molecule has 2 heterocycles. The highest BCUT2D eigenvalue weighted by Gasteiger charge is 2.35. The standard InChI is InChI=1S/C17H9N5O2/c23-15-9-5-1-2-6-10(9)16(24)14-13(15)20-21-22(14)17-18-11-7-3-4-8-12(11)19-17/h1-8H,(H,18,19). The SMILES string of the molecule is O=C1c2ccccc2C(=O)c2c1nnn2-c1nc2ccccc2[nH]1. The van der Waals surface area contributed by atoms with Crippen molar-refractivity contribution in [1.29, 1.82) is 0 Å². The van der Waals surface area contributed by atoms with Gasteiger partial charge in [-0.15, -0.1) is 5.10 Å². The highest BCUT2D eigenvalue weighted by molar-refractivity contribution is 6.27. The van der Waals surface area contributed by atoms with Crippen LogP contribution in [0, 0.1) is 0 Å². The summed E-state index contributed by atoms with van der Waals surface area (Å²) in [7, 11) is 0. The molecule has 7 nitrogen and oxygen atoms in total. The third-order valence-electron chi connectivity index (χ3n) is 4.09. The summed E-state index contributed by atoms with van der Waals surface area (Å²) in [4.78, 5) is 32.9. The third kappa shape index (κ3) is 1.58. The molecule has 1 aliphatic carbocycles. The van der Waals surface area contributed by atoms with Gasteiger partial charge in [-0.2, -0.15) is 4.68 Å². The lowest BCUT2D eigenvalue weighted by molar-refractivity contribution is 0.0972. The van der Waals surface area contributed by atoms with Crippen molar-refractivity contribution < 1.29 is 9.59 Å². The number of carbonyl (C=O) groups excluding carboxylic acids is 2. The molecule has 0 atom stereocenters. The summed E-state index contributed by atoms with van der Waals surface area (Å²) >= 11 is 0. The van der Waals surface area contributed by atoms with Crippen LogP contribution in [-0.4, -0.2) is 36.5 Å². The van der Waals surface area contributed by atoms with Gasteiger partial charge >= 0.3 is 0 Å². The highest BCUT2D eigenvalue weighted by Crippen LogP contribution is 2.27. The summed E-state index contributed by atoms with van der Waals surface area (Å²) in [6.45, 7) is 0. The second kappa shape index (κ2) is 4.45. The van der Waals surface area contributed by atoms with E-state index in [1.54, 1.807) is 24.3 Å². The normalized spacial score (nSPS) is 13.2. The largest absolute Gasteiger partial charge is 0.322 e. The Morgan fingerprint density at radius 1 is 0.875 bits per heavy atom. The first-order valence-corrected chi connectivity index (χ1v) is 7.33. The lowest BCUT2D eigenvalue weighted by Crippen LogP contribution is -2.23. The topological polar surface area (TPSA) is 93.5 Å². The maximum absolute atomic E-state index is 12.8. The number of H-pyrrole nitrogens is 1. The minimum atomic E-state index is -0.303. The Labute approximate surface area is 134 Å². The zero-order valence-corrected chi connectivity index (χ0v) is 12.2. The van der Waals surface area contributed by atoms with Crippen LogP contribution in [0.15, 0.2) is 48.5 Å². The molecule has 0 spiro atoms. The molecule has 0 amide bonds. The number of rotatable bonds is 1. The molecular formula is C17H9N5O2. The van der Waals surface area contributed by atoms with Gasteiger partial charge in [-0.25, -0.2) is 4.98 Å². The van der Waals surface area contributed by atoms with E-state index in [0.29, 0.717) is 17.1 Å². The van der Waals surface area contributed by atoms with E-state index in [1.165, 1.54) is 4.68 Å². The van der Waals surface area contributed by atoms with Gasteiger partial charge in [0.1, 0.15) is 5.69 Å². The molecule has 0 fully saturated rings. The zero-order valence-electron chi connectivity index (χ0n) is 12.2. The maximum Gasteiger partial charge on any atom is 0.231 e. The average molecular weight is 315 g/mol. The molecule has 1 N–H and O–H groups in total. The molecule has 0 radical (unpaired) electrons. The van der Waals surface area contributed by atoms with Crippen molar-refractivity contribution in [3.8, 4) is 5.95 Å². The smallest absolute Gasteiger partial charge is 0.231 e. The van der Waals surface area contributed by atoms with E-state index in [2.05, 4.69) is 20.3 Å². The maximum atomic E-state index is 12.8. The van der Waals surface area contributed by atoms with Gasteiger partial charge in [-0.05, 0) is 12.1 Å². The predicted molar refractivity (Wildman–Crippen MR) is 84.3 cm³/mol. The molecule has 1 aliphatic rings. The molecule has 24 heavy (non-hydrogen) atoms. The molecule has 2 aromatic carbocycles. The Bertz CT molecular complexity index is 1120. The number of nitrogens with zero attached hydrogens (tertiary/aromatic N) is 4. The Hall–Kier alpha value is -3.61. The van der Waals surface area contributed by atoms with Crippen molar-refractivity contribution in [3.05, 3.63) is 71.0 Å². The van der Waals surface area contributed by atoms with Gasteiger partial charge in [0.25, 0.3) is 0 Å². The van der Waals surface area contributed by atoms with Crippen molar-refractivity contribution >= 4 is 22.6 Å². The molecule has 0 aliphatic heterocycles. The number of para-hydroxylation sites is 2. The zero-order chi connectivity index (χ0) is 16.3. The molecule has 7 heteroatoms. The van der Waals surface area contributed by atoms with Crippen LogP contribution in [0.5, 0.6) is 0 Å². The van der Waals surface area contributed by atoms with Crippen LogP contribution in [0.4, 0.5) is 0 Å². The molecule has 2 aromatic heterocycles. The molecule has 0 saturated carbocycles. The molecule has 114 valence electrons. The molecule has 5 rings (SSSR count). The number of hydrogen-bond donors (Lipinski definition) is 1. The Kier molecular flexibility index (Phi) is 2.39. The predicted octanol–water partition coefficient (Wildman–Crippen LogP) is 1.92. The lowest BCUT2D eigenvalue weighted by atomic mass is 9.90. The van der Waals surface area contributed by atoms with E-state index in [1.807, 2.05) is 24.3 Å². The summed E-state index contributed by atoms with van der Waals surface area (Å²) in [5.74, 6) is -0.237. The average Bonchev–Trinajstić information content (AvgIpc) is 3.23. The third-order valence-corrected chi connectivity index (χ3v) is 4.09. The minimum absolute atomic E-state index is 0.0548. The van der Waals surface area contributed by atoms with Gasteiger partial charge < -0.3 is 4.98 Å². The van der Waals surface area contributed by atoms with Crippen LogP contribution in [0.3, 0.4) is 0 Å². The number of aromatic nitrogens is 5. The second-order valence-electron chi connectivity index (χ2n) is 5.48. The van der Waals surface area contributed by atoms with Gasteiger partial charge in [-0.3, -0.25) is 9.59 Å². The fourth-order valence-corrected chi connectivity index (χ4v) is 2.96. The summed E-state index contributed by atoms with van der Waals surface area (Å²) in [5, 5.41) is 7.89. The van der Waals surface area contributed by atoms with Gasteiger partial charge in [0.15, 0.2) is 5.69 Å². The molecule has 0 saturated heterocycles. The summed E-state index contributed by atoms with van der Waals surface area (Å²) in [6.07, 6.45) is 0. The fourth-order valence-electron chi connectivity index (χ4n) is 2.96. The first kappa shape index (κ1) is 12.9. The summed E-state index contributed by atoms with van der Waals surface area (Å²) in [5.41, 5.74) is 2.46. The molecule has 4 aromatic rings. The van der Waals surface area contributed by atoms with E-state index in [4.69, 9.17) is 0 Å². The van der Waals surface area contributed by atoms with Crippen LogP contribution in [0.25, 0.3) is 17.0 Å². The molecule has 0 unspecified atom stereocenters. The Morgan fingerprint density at radius 2 is 1.58 bits per heavy atom. The van der Waals surface area contributed by atoms with Gasteiger partial charge in [0, 0.05) is 11.1 Å². The number of nitrogens with one attached hydrogen (secondary N) is 1. The van der Waals surface area contributed by atoms with Crippen LogP contribution >= 0.6 is 0 Å². The van der Waals surface area contributed by atoms with E-state index in [0.717, 1.165) is 11.0 Å². The van der Waals surface area contributed by atoms with Crippen LogP contribution in [0.1, 0.15) is 32.1 Å². The van der Waals surface area contributed by atoms with Crippen LogP contribution in [0.2, 0.25) is 0 Å². The summed E-state index contributed by atoms with van der Waals surface area (Å²) in [6, 6.07) is 14.2. The summed E-state index contributed by atoms with van der Waals surface area (Å²) < 4.78 is 1.30. The van der Waals surface area contributed by atoms with Gasteiger partial charge in [0.05, 0.1) is 11.0 Å². The number of aromatic amines is 1. The number of ketones is 2. The lowest BCUT2D eigenvalue weighted by Gasteiger charge is -2.13. The number of imidazole rings is 1. The number of benzene rings is 2. The van der Waals surface area contributed by atoms with Crippen LogP contribution < -0.4 is 0 Å². The fraction of sp³-hybridized carbons (Fsp3) is 0. The number of carbonyl (C=O) groups is 2. The first-order valence-electron chi connectivity index (χ1n) is 7.33. The molecular weight excluding hydrogens is 306 g/mol. The van der Waals surface area contributed by atoms with Crippen molar-refractivity contribution in [1.82, 2.24) is 25.0 Å². The number of hydrogen-bond acceptors (Lipinski definition) is 5. The van der Waals surface area contributed by atoms with Gasteiger partial charge in [0.2, 0.25) is 17.5 Å². The first-order chi connectivity index (χ1) is 11.7. The van der Waals surface area contributed by atoms with Crippen molar-refractivity contribution in [2.75, 3.05) is 0 Å². The quantitative estimate of drug-likeness (QED) is 0.510. The van der Waals surface area contributed by atoms with Crippen molar-refractivity contribution in [2.45, 2.75) is 0 Å². The van der Waals surface area contributed by atoms with E-state index < -0.39 is 0 Å². The van der Waals surface area contributed by atoms with E-state index in [9.17, 15) is 9.59 Å². The minimum Gasteiger partial charge on any atom is -0.322 e. The van der Waals surface area contributed by atoms with E-state index in [-0.39, 0.29) is 23.0 Å². The monoisotopic (exact) mass is 315 g/mol.